The van der Waals surface area contributed by atoms with Gasteiger partial charge in [-0.2, -0.15) is 5.10 Å². The molecule has 150 valence electrons. The number of morpholine rings is 1. The van der Waals surface area contributed by atoms with E-state index in [0.717, 1.165) is 60.3 Å². The van der Waals surface area contributed by atoms with Crippen molar-refractivity contribution in [1.82, 2.24) is 19.6 Å². The summed E-state index contributed by atoms with van der Waals surface area (Å²) >= 11 is 0. The fourth-order valence-corrected chi connectivity index (χ4v) is 3.28. The summed E-state index contributed by atoms with van der Waals surface area (Å²) in [6.45, 7) is 12.4. The second kappa shape index (κ2) is 9.61. The molecule has 0 N–H and O–H groups in total. The Balaban J connectivity index is 0.00000109. The maximum Gasteiger partial charge on any atom is 0.178 e. The molecule has 7 nitrogen and oxygen atoms in total. The highest BCUT2D eigenvalue weighted by Crippen LogP contribution is 2.28. The molecule has 0 aliphatic carbocycles. The van der Waals surface area contributed by atoms with Gasteiger partial charge in [0.25, 0.3) is 0 Å². The molecule has 7 heteroatoms. The average Bonchev–Trinajstić information content (AvgIpc) is 3.10. The molecule has 0 aromatic carbocycles. The van der Waals surface area contributed by atoms with Crippen LogP contribution in [-0.2, 0) is 16.1 Å². The number of rotatable bonds is 5. The van der Waals surface area contributed by atoms with Gasteiger partial charge in [0.2, 0.25) is 0 Å². The second-order valence-electron chi connectivity index (χ2n) is 6.27. The van der Waals surface area contributed by atoms with E-state index in [4.69, 9.17) is 14.5 Å². The Labute approximate surface area is 166 Å². The van der Waals surface area contributed by atoms with Crippen LogP contribution in [-0.4, -0.2) is 52.5 Å². The van der Waals surface area contributed by atoms with E-state index in [2.05, 4.69) is 21.0 Å². The Hall–Kier alpha value is -2.51. The van der Waals surface area contributed by atoms with Crippen LogP contribution in [0.25, 0.3) is 16.9 Å². The minimum atomic E-state index is 0.530. The third-order valence-electron chi connectivity index (χ3n) is 4.58. The molecule has 28 heavy (non-hydrogen) atoms. The fourth-order valence-electron chi connectivity index (χ4n) is 3.28. The molecule has 1 saturated heterocycles. The Bertz CT molecular complexity index is 886. The molecule has 0 atom stereocenters. The SMILES string of the molecule is CC.CCOCc1ccc(-c2c(C)nc3c(N4CCOCC4)ccnn23)cn1. The zero-order chi connectivity index (χ0) is 19.9. The molecular weight excluding hydrogens is 354 g/mol. The minimum absolute atomic E-state index is 0.530. The summed E-state index contributed by atoms with van der Waals surface area (Å²) in [4.78, 5) is 11.6. The Morgan fingerprint density at radius 3 is 2.61 bits per heavy atom. The third-order valence-corrected chi connectivity index (χ3v) is 4.58. The van der Waals surface area contributed by atoms with E-state index in [1.54, 1.807) is 0 Å². The van der Waals surface area contributed by atoms with Crippen molar-refractivity contribution in [2.75, 3.05) is 37.8 Å². The van der Waals surface area contributed by atoms with Crippen molar-refractivity contribution >= 4 is 11.3 Å². The number of pyridine rings is 1. The molecule has 4 heterocycles. The molecular formula is C21H29N5O2. The van der Waals surface area contributed by atoms with Crippen molar-refractivity contribution in [3.63, 3.8) is 0 Å². The summed E-state index contributed by atoms with van der Waals surface area (Å²) in [5, 5.41) is 4.55. The normalized spacial score (nSPS) is 14.1. The van der Waals surface area contributed by atoms with Crippen LogP contribution < -0.4 is 4.90 Å². The van der Waals surface area contributed by atoms with Crippen LogP contribution in [0.2, 0.25) is 0 Å². The smallest absolute Gasteiger partial charge is 0.178 e. The van der Waals surface area contributed by atoms with Crippen molar-refractivity contribution in [2.24, 2.45) is 0 Å². The Morgan fingerprint density at radius 2 is 1.93 bits per heavy atom. The molecule has 0 unspecified atom stereocenters. The first-order chi connectivity index (χ1) is 13.8. The van der Waals surface area contributed by atoms with Gasteiger partial charge in [0.1, 0.15) is 0 Å². The second-order valence-corrected chi connectivity index (χ2v) is 6.27. The number of nitrogens with zero attached hydrogens (tertiary/aromatic N) is 5. The number of hydrogen-bond acceptors (Lipinski definition) is 6. The number of fused-ring (bicyclic) bond motifs is 1. The lowest BCUT2D eigenvalue weighted by atomic mass is 10.1. The predicted octanol–water partition coefficient (Wildman–Crippen LogP) is 3.50. The van der Waals surface area contributed by atoms with Gasteiger partial charge in [-0.1, -0.05) is 13.8 Å². The highest BCUT2D eigenvalue weighted by molar-refractivity contribution is 5.75. The number of aryl methyl sites for hydroxylation is 1. The van der Waals surface area contributed by atoms with Crippen LogP contribution in [0.5, 0.6) is 0 Å². The fraction of sp³-hybridized carbons (Fsp3) is 0.476. The lowest BCUT2D eigenvalue weighted by Crippen LogP contribution is -2.36. The van der Waals surface area contributed by atoms with E-state index in [9.17, 15) is 0 Å². The maximum absolute atomic E-state index is 5.47. The molecule has 1 aliphatic heterocycles. The summed E-state index contributed by atoms with van der Waals surface area (Å²) in [6.07, 6.45) is 3.70. The van der Waals surface area contributed by atoms with Crippen molar-refractivity contribution in [1.29, 1.82) is 0 Å². The lowest BCUT2D eigenvalue weighted by molar-refractivity contribution is 0.123. The van der Waals surface area contributed by atoms with Crippen LogP contribution in [0.15, 0.2) is 30.6 Å². The first-order valence-corrected chi connectivity index (χ1v) is 9.98. The number of ether oxygens (including phenoxy) is 2. The largest absolute Gasteiger partial charge is 0.378 e. The van der Waals surface area contributed by atoms with Crippen LogP contribution in [0.3, 0.4) is 0 Å². The highest BCUT2D eigenvalue weighted by Gasteiger charge is 2.19. The van der Waals surface area contributed by atoms with Crippen LogP contribution in [0.4, 0.5) is 5.69 Å². The van der Waals surface area contributed by atoms with Crippen molar-refractivity contribution in [3.05, 3.63) is 42.0 Å². The molecule has 0 amide bonds. The van der Waals surface area contributed by atoms with E-state index in [-0.39, 0.29) is 0 Å². The standard InChI is InChI=1S/C19H23N5O2.C2H6/c1-3-25-13-16-5-4-15(12-20-16)18-14(2)22-19-17(6-7-21-24(18)19)23-8-10-26-11-9-23;1-2/h4-7,12H,3,8-11,13H2,1-2H3;1-2H3. The molecule has 0 radical (unpaired) electrons. The minimum Gasteiger partial charge on any atom is -0.378 e. The average molecular weight is 383 g/mol. The number of anilines is 1. The van der Waals surface area contributed by atoms with E-state index >= 15 is 0 Å². The van der Waals surface area contributed by atoms with Crippen molar-refractivity contribution in [3.8, 4) is 11.3 Å². The lowest BCUT2D eigenvalue weighted by Gasteiger charge is -2.28. The quantitative estimate of drug-likeness (QED) is 0.672. The van der Waals surface area contributed by atoms with Gasteiger partial charge in [0.05, 0.1) is 48.8 Å². The van der Waals surface area contributed by atoms with Gasteiger partial charge in [-0.05, 0) is 32.0 Å². The molecule has 1 aliphatic rings. The van der Waals surface area contributed by atoms with Crippen LogP contribution in [0.1, 0.15) is 32.2 Å². The van der Waals surface area contributed by atoms with E-state index < -0.39 is 0 Å². The zero-order valence-electron chi connectivity index (χ0n) is 17.2. The predicted molar refractivity (Wildman–Crippen MR) is 111 cm³/mol. The number of hydrogen-bond donors (Lipinski definition) is 0. The summed E-state index contributed by atoms with van der Waals surface area (Å²) < 4.78 is 12.8. The topological polar surface area (TPSA) is 64.8 Å². The van der Waals surface area contributed by atoms with Gasteiger partial charge >= 0.3 is 0 Å². The number of aromatic nitrogens is 4. The summed E-state index contributed by atoms with van der Waals surface area (Å²) in [6, 6.07) is 6.08. The Morgan fingerprint density at radius 1 is 1.14 bits per heavy atom. The Kier molecular flexibility index (Phi) is 6.95. The number of imidazole rings is 1. The maximum atomic E-state index is 5.47. The first-order valence-electron chi connectivity index (χ1n) is 9.98. The third kappa shape index (κ3) is 4.15. The van der Waals surface area contributed by atoms with Gasteiger partial charge in [0, 0.05) is 31.5 Å². The van der Waals surface area contributed by atoms with E-state index in [1.807, 2.05) is 56.7 Å². The molecule has 0 saturated carbocycles. The van der Waals surface area contributed by atoms with Crippen LogP contribution in [0, 0.1) is 6.92 Å². The summed E-state index contributed by atoms with van der Waals surface area (Å²) in [5.74, 6) is 0. The monoisotopic (exact) mass is 383 g/mol. The molecule has 0 spiro atoms. The zero-order valence-corrected chi connectivity index (χ0v) is 17.2. The van der Waals surface area contributed by atoms with Crippen LogP contribution >= 0.6 is 0 Å². The molecule has 4 rings (SSSR count). The highest BCUT2D eigenvalue weighted by atomic mass is 16.5. The summed E-state index contributed by atoms with van der Waals surface area (Å²) in [5.41, 5.74) is 5.81. The van der Waals surface area contributed by atoms with Gasteiger partial charge in [-0.15, -0.1) is 0 Å². The molecule has 0 bridgehead atoms. The molecule has 1 fully saturated rings. The first kappa shape index (κ1) is 20.2. The van der Waals surface area contributed by atoms with Crippen molar-refractivity contribution < 1.29 is 9.47 Å². The molecule has 3 aromatic rings. The van der Waals surface area contributed by atoms with Gasteiger partial charge in [0.15, 0.2) is 5.65 Å². The van der Waals surface area contributed by atoms with E-state index in [0.29, 0.717) is 13.2 Å². The molecule has 3 aromatic heterocycles. The van der Waals surface area contributed by atoms with Crippen molar-refractivity contribution in [2.45, 2.75) is 34.3 Å². The summed E-state index contributed by atoms with van der Waals surface area (Å²) in [7, 11) is 0. The van der Waals surface area contributed by atoms with E-state index in [1.165, 1.54) is 0 Å². The van der Waals surface area contributed by atoms with Gasteiger partial charge < -0.3 is 14.4 Å². The van der Waals surface area contributed by atoms with Gasteiger partial charge in [-0.25, -0.2) is 9.50 Å². The van der Waals surface area contributed by atoms with Gasteiger partial charge in [-0.3, -0.25) is 4.98 Å².